The maximum Gasteiger partial charge on any atom is 0.272 e. The van der Waals surface area contributed by atoms with Gasteiger partial charge in [0.1, 0.15) is 11.4 Å². The van der Waals surface area contributed by atoms with E-state index >= 15 is 0 Å². The number of nitrogens with one attached hydrogen (secondary N) is 1. The normalized spacial score (nSPS) is 12.1. The summed E-state index contributed by atoms with van der Waals surface area (Å²) < 4.78 is 3.61. The molecule has 2 amide bonds. The van der Waals surface area contributed by atoms with Crippen molar-refractivity contribution in [2.24, 2.45) is 7.05 Å². The molecule has 7 nitrogen and oxygen atoms in total. The SMILES string of the molecule is CN(C(=O)c1cnc2sccn12)C(CCNC(=O)c1cccn1C)Cc1ccccc1. The Hall–Kier alpha value is -3.39. The molecule has 1 unspecified atom stereocenters. The van der Waals surface area contributed by atoms with E-state index in [1.807, 2.05) is 60.5 Å². The van der Waals surface area contributed by atoms with Crippen LogP contribution in [-0.2, 0) is 13.5 Å². The number of hydrogen-bond donors (Lipinski definition) is 1. The smallest absolute Gasteiger partial charge is 0.272 e. The second-order valence-electron chi connectivity index (χ2n) is 7.51. The number of carbonyl (C=O) groups excluding carboxylic acids is 2. The van der Waals surface area contributed by atoms with E-state index in [0.717, 1.165) is 10.5 Å². The minimum Gasteiger partial charge on any atom is -0.351 e. The highest BCUT2D eigenvalue weighted by Gasteiger charge is 2.24. The lowest BCUT2D eigenvalue weighted by Crippen LogP contribution is -2.41. The van der Waals surface area contributed by atoms with Crippen molar-refractivity contribution in [3.63, 3.8) is 0 Å². The van der Waals surface area contributed by atoms with Crippen molar-refractivity contribution in [2.75, 3.05) is 13.6 Å². The predicted molar refractivity (Wildman–Crippen MR) is 121 cm³/mol. The van der Waals surface area contributed by atoms with E-state index in [4.69, 9.17) is 0 Å². The van der Waals surface area contributed by atoms with Crippen LogP contribution >= 0.6 is 11.3 Å². The van der Waals surface area contributed by atoms with Crippen LogP contribution in [0.5, 0.6) is 0 Å². The second kappa shape index (κ2) is 9.18. The van der Waals surface area contributed by atoms with E-state index < -0.39 is 0 Å². The highest BCUT2D eigenvalue weighted by molar-refractivity contribution is 7.15. The Bertz CT molecular complexity index is 1180. The Morgan fingerprint density at radius 2 is 1.94 bits per heavy atom. The van der Waals surface area contributed by atoms with Crippen LogP contribution in [0.2, 0.25) is 0 Å². The highest BCUT2D eigenvalue weighted by Crippen LogP contribution is 2.18. The van der Waals surface area contributed by atoms with Crippen molar-refractivity contribution in [3.05, 3.63) is 83.4 Å². The van der Waals surface area contributed by atoms with Gasteiger partial charge in [0.15, 0.2) is 4.96 Å². The van der Waals surface area contributed by atoms with Crippen LogP contribution < -0.4 is 5.32 Å². The number of thiazole rings is 1. The van der Waals surface area contributed by atoms with Crippen LogP contribution in [0, 0.1) is 0 Å². The van der Waals surface area contributed by atoms with Gasteiger partial charge in [0.2, 0.25) is 0 Å². The lowest BCUT2D eigenvalue weighted by Gasteiger charge is -2.28. The molecule has 0 saturated heterocycles. The number of likely N-dealkylation sites (N-methyl/N-ethyl adjacent to an activating group) is 1. The molecule has 3 aromatic heterocycles. The van der Waals surface area contributed by atoms with Gasteiger partial charge >= 0.3 is 0 Å². The number of amides is 2. The van der Waals surface area contributed by atoms with Crippen molar-refractivity contribution in [1.82, 2.24) is 24.2 Å². The minimum absolute atomic E-state index is 0.0761. The Kier molecular flexibility index (Phi) is 6.18. The van der Waals surface area contributed by atoms with Gasteiger partial charge in [-0.1, -0.05) is 30.3 Å². The lowest BCUT2D eigenvalue weighted by molar-refractivity contribution is 0.0716. The zero-order valence-electron chi connectivity index (χ0n) is 17.6. The summed E-state index contributed by atoms with van der Waals surface area (Å²) in [5, 5.41) is 4.90. The van der Waals surface area contributed by atoms with Gasteiger partial charge in [0.05, 0.1) is 6.20 Å². The molecule has 0 bridgehead atoms. The molecule has 0 fully saturated rings. The quantitative estimate of drug-likeness (QED) is 0.462. The number of rotatable bonds is 8. The second-order valence-corrected chi connectivity index (χ2v) is 8.38. The summed E-state index contributed by atoms with van der Waals surface area (Å²) in [5.74, 6) is -0.198. The maximum atomic E-state index is 13.3. The van der Waals surface area contributed by atoms with Crippen molar-refractivity contribution >= 4 is 28.1 Å². The summed E-state index contributed by atoms with van der Waals surface area (Å²) in [6, 6.07) is 13.6. The highest BCUT2D eigenvalue weighted by atomic mass is 32.1. The summed E-state index contributed by atoms with van der Waals surface area (Å²) in [7, 11) is 3.66. The first-order chi connectivity index (χ1) is 15.0. The molecule has 0 saturated carbocycles. The lowest BCUT2D eigenvalue weighted by atomic mass is 10.0. The molecule has 4 aromatic rings. The van der Waals surface area contributed by atoms with Crippen molar-refractivity contribution in [1.29, 1.82) is 0 Å². The van der Waals surface area contributed by atoms with Crippen LogP contribution in [0.3, 0.4) is 0 Å². The summed E-state index contributed by atoms with van der Waals surface area (Å²) in [5.41, 5.74) is 2.31. The number of nitrogens with zero attached hydrogens (tertiary/aromatic N) is 4. The van der Waals surface area contributed by atoms with Gasteiger partial charge in [0.25, 0.3) is 11.8 Å². The summed E-state index contributed by atoms with van der Waals surface area (Å²) in [6.07, 6.45) is 6.67. The first kappa shape index (κ1) is 20.9. The Balaban J connectivity index is 1.48. The first-order valence-corrected chi connectivity index (χ1v) is 11.0. The van der Waals surface area contributed by atoms with E-state index in [1.165, 1.54) is 11.3 Å². The molecular formula is C23H25N5O2S. The monoisotopic (exact) mass is 435 g/mol. The van der Waals surface area contributed by atoms with E-state index in [2.05, 4.69) is 22.4 Å². The molecule has 0 aliphatic rings. The third-order valence-corrected chi connectivity index (χ3v) is 6.26. The molecule has 4 rings (SSSR count). The largest absolute Gasteiger partial charge is 0.351 e. The van der Waals surface area contributed by atoms with Gasteiger partial charge in [0, 0.05) is 44.5 Å². The van der Waals surface area contributed by atoms with Crippen molar-refractivity contribution < 1.29 is 9.59 Å². The van der Waals surface area contributed by atoms with Crippen molar-refractivity contribution in [2.45, 2.75) is 18.9 Å². The molecule has 3 heterocycles. The summed E-state index contributed by atoms with van der Waals surface area (Å²) in [4.78, 5) is 32.6. The standard InChI is InChI=1S/C23H25N5O2S/c1-26-12-6-9-19(26)21(29)24-11-10-18(15-17-7-4-3-5-8-17)27(2)22(30)20-16-25-23-28(20)13-14-31-23/h3-9,12-14,16,18H,10-11,15H2,1-2H3,(H,24,29). The molecule has 31 heavy (non-hydrogen) atoms. The average Bonchev–Trinajstić information content (AvgIpc) is 3.50. The summed E-state index contributed by atoms with van der Waals surface area (Å²) >= 11 is 1.50. The van der Waals surface area contributed by atoms with Gasteiger partial charge in [-0.25, -0.2) is 4.98 Å². The Morgan fingerprint density at radius 1 is 1.13 bits per heavy atom. The van der Waals surface area contributed by atoms with Crippen LogP contribution in [0.15, 0.2) is 66.4 Å². The Morgan fingerprint density at radius 3 is 2.68 bits per heavy atom. The third kappa shape index (κ3) is 4.54. The fraction of sp³-hybridized carbons (Fsp3) is 0.261. The van der Waals surface area contributed by atoms with Crippen LogP contribution in [0.4, 0.5) is 0 Å². The number of aryl methyl sites for hydroxylation is 1. The molecule has 160 valence electrons. The fourth-order valence-corrected chi connectivity index (χ4v) is 4.38. The zero-order chi connectivity index (χ0) is 21.8. The molecule has 8 heteroatoms. The first-order valence-electron chi connectivity index (χ1n) is 10.2. The molecule has 0 aliphatic carbocycles. The van der Waals surface area contributed by atoms with Gasteiger partial charge in [-0.15, -0.1) is 11.3 Å². The molecule has 0 aliphatic heterocycles. The van der Waals surface area contributed by atoms with Crippen LogP contribution in [-0.4, -0.2) is 50.3 Å². The van der Waals surface area contributed by atoms with Gasteiger partial charge < -0.3 is 14.8 Å². The molecule has 1 atom stereocenters. The third-order valence-electron chi connectivity index (χ3n) is 5.49. The molecule has 0 radical (unpaired) electrons. The summed E-state index contributed by atoms with van der Waals surface area (Å²) in [6.45, 7) is 0.472. The van der Waals surface area contributed by atoms with E-state index in [0.29, 0.717) is 30.8 Å². The van der Waals surface area contributed by atoms with E-state index in [-0.39, 0.29) is 17.9 Å². The molecule has 1 aromatic carbocycles. The topological polar surface area (TPSA) is 71.6 Å². The number of benzene rings is 1. The number of hydrogen-bond acceptors (Lipinski definition) is 4. The molecule has 0 spiro atoms. The number of imidazole rings is 1. The average molecular weight is 436 g/mol. The maximum absolute atomic E-state index is 13.3. The minimum atomic E-state index is -0.115. The molecular weight excluding hydrogens is 410 g/mol. The van der Waals surface area contributed by atoms with Gasteiger partial charge in [-0.05, 0) is 30.5 Å². The number of fused-ring (bicyclic) bond motifs is 1. The van der Waals surface area contributed by atoms with E-state index in [9.17, 15) is 9.59 Å². The van der Waals surface area contributed by atoms with Crippen LogP contribution in [0.1, 0.15) is 33.0 Å². The number of aromatic nitrogens is 3. The fourth-order valence-electron chi connectivity index (χ4n) is 3.69. The van der Waals surface area contributed by atoms with Crippen LogP contribution in [0.25, 0.3) is 4.96 Å². The zero-order valence-corrected chi connectivity index (χ0v) is 18.4. The Labute approximate surface area is 184 Å². The molecule has 1 N–H and O–H groups in total. The van der Waals surface area contributed by atoms with Crippen molar-refractivity contribution in [3.8, 4) is 0 Å². The van der Waals surface area contributed by atoms with Gasteiger partial charge in [-0.3, -0.25) is 14.0 Å². The number of carbonyl (C=O) groups is 2. The predicted octanol–water partition coefficient (Wildman–Crippen LogP) is 3.24. The van der Waals surface area contributed by atoms with Gasteiger partial charge in [-0.2, -0.15) is 0 Å². The van der Waals surface area contributed by atoms with E-state index in [1.54, 1.807) is 21.7 Å².